The van der Waals surface area contributed by atoms with Crippen molar-refractivity contribution in [2.24, 2.45) is 0 Å². The summed E-state index contributed by atoms with van der Waals surface area (Å²) in [5.41, 5.74) is 1.18. The van der Waals surface area contributed by atoms with E-state index in [1.165, 1.54) is 18.0 Å². The number of nitrogens with zero attached hydrogens (tertiary/aromatic N) is 1. The van der Waals surface area contributed by atoms with Gasteiger partial charge in [-0.3, -0.25) is 4.90 Å². The van der Waals surface area contributed by atoms with Crippen LogP contribution in [-0.4, -0.2) is 41.6 Å². The average molecular weight is 329 g/mol. The molecule has 4 heteroatoms. The van der Waals surface area contributed by atoms with Crippen LogP contribution in [0.4, 0.5) is 5.69 Å². The summed E-state index contributed by atoms with van der Waals surface area (Å²) in [6.45, 7) is 8.02. The van der Waals surface area contributed by atoms with E-state index in [9.17, 15) is 0 Å². The molecule has 1 N–H and O–H groups in total. The molecular formula is C14H21BrN2S. The van der Waals surface area contributed by atoms with Crippen LogP contribution in [0.1, 0.15) is 13.8 Å². The molecule has 1 aromatic carbocycles. The molecule has 2 nitrogen and oxygen atoms in total. The van der Waals surface area contributed by atoms with Crippen molar-refractivity contribution in [3.63, 3.8) is 0 Å². The molecular weight excluding hydrogens is 308 g/mol. The Bertz CT molecular complexity index is 386. The molecule has 1 aliphatic heterocycles. The molecule has 1 fully saturated rings. The third-order valence-electron chi connectivity index (χ3n) is 3.60. The Morgan fingerprint density at radius 3 is 2.94 bits per heavy atom. The summed E-state index contributed by atoms with van der Waals surface area (Å²) in [7, 11) is 0. The van der Waals surface area contributed by atoms with E-state index < -0.39 is 0 Å². The zero-order valence-corrected chi connectivity index (χ0v) is 13.4. The number of hydrogen-bond acceptors (Lipinski definition) is 3. The summed E-state index contributed by atoms with van der Waals surface area (Å²) < 4.78 is 1.14. The number of benzene rings is 1. The van der Waals surface area contributed by atoms with Gasteiger partial charge < -0.3 is 5.32 Å². The van der Waals surface area contributed by atoms with Gasteiger partial charge in [-0.15, -0.1) is 0 Å². The van der Waals surface area contributed by atoms with Crippen LogP contribution in [0, 0.1) is 0 Å². The molecule has 18 heavy (non-hydrogen) atoms. The van der Waals surface area contributed by atoms with Gasteiger partial charge in [-0.2, -0.15) is 11.8 Å². The van der Waals surface area contributed by atoms with Gasteiger partial charge >= 0.3 is 0 Å². The van der Waals surface area contributed by atoms with Crippen LogP contribution >= 0.6 is 27.7 Å². The molecule has 2 atom stereocenters. The van der Waals surface area contributed by atoms with Crippen molar-refractivity contribution < 1.29 is 0 Å². The minimum Gasteiger partial charge on any atom is -0.383 e. The molecule has 1 saturated heterocycles. The van der Waals surface area contributed by atoms with E-state index >= 15 is 0 Å². The lowest BCUT2D eigenvalue weighted by molar-refractivity contribution is 0.221. The third-order valence-corrected chi connectivity index (χ3v) is 5.63. The topological polar surface area (TPSA) is 15.3 Å². The standard InChI is InChI=1S/C14H21BrN2S/c1-11-12(2)18-10-9-17(11)8-7-16-14-6-4-3-5-13(14)15/h3-6,11-12,16H,7-10H2,1-2H3. The van der Waals surface area contributed by atoms with Gasteiger partial charge in [0.1, 0.15) is 0 Å². The van der Waals surface area contributed by atoms with E-state index in [4.69, 9.17) is 0 Å². The summed E-state index contributed by atoms with van der Waals surface area (Å²) in [6.07, 6.45) is 0. The highest BCUT2D eigenvalue weighted by Crippen LogP contribution is 2.24. The second-order valence-electron chi connectivity index (χ2n) is 4.76. The van der Waals surface area contributed by atoms with E-state index in [0.717, 1.165) is 22.8 Å². The first-order valence-corrected chi connectivity index (χ1v) is 8.36. The molecule has 1 aromatic rings. The van der Waals surface area contributed by atoms with E-state index in [-0.39, 0.29) is 0 Å². The second kappa shape index (κ2) is 6.83. The second-order valence-corrected chi connectivity index (χ2v) is 7.10. The maximum atomic E-state index is 3.56. The summed E-state index contributed by atoms with van der Waals surface area (Å²) >= 11 is 5.66. The first kappa shape index (κ1) is 14.2. The van der Waals surface area contributed by atoms with Crippen molar-refractivity contribution in [2.45, 2.75) is 25.1 Å². The molecule has 0 bridgehead atoms. The fourth-order valence-corrected chi connectivity index (χ4v) is 3.84. The molecule has 0 radical (unpaired) electrons. The van der Waals surface area contributed by atoms with Crippen LogP contribution in [0.3, 0.4) is 0 Å². The normalized spacial score (nSPS) is 25.1. The SMILES string of the molecule is CC1SCCN(CCNc2ccccc2Br)C1C. The fraction of sp³-hybridized carbons (Fsp3) is 0.571. The Hall–Kier alpha value is -0.190. The number of rotatable bonds is 4. The minimum absolute atomic E-state index is 0.685. The first-order valence-electron chi connectivity index (χ1n) is 6.52. The summed E-state index contributed by atoms with van der Waals surface area (Å²) in [5, 5.41) is 4.25. The highest BCUT2D eigenvalue weighted by Gasteiger charge is 2.24. The Labute approximate surface area is 123 Å². The lowest BCUT2D eigenvalue weighted by atomic mass is 10.2. The van der Waals surface area contributed by atoms with Crippen LogP contribution in [0.2, 0.25) is 0 Å². The summed E-state index contributed by atoms with van der Waals surface area (Å²) in [6, 6.07) is 8.98. The Morgan fingerprint density at radius 1 is 1.39 bits per heavy atom. The lowest BCUT2D eigenvalue weighted by Crippen LogP contribution is -2.46. The van der Waals surface area contributed by atoms with Crippen molar-refractivity contribution >= 4 is 33.4 Å². The van der Waals surface area contributed by atoms with Crippen LogP contribution < -0.4 is 5.32 Å². The van der Waals surface area contributed by atoms with E-state index in [1.807, 2.05) is 6.07 Å². The molecule has 0 spiro atoms. The Balaban J connectivity index is 1.80. The van der Waals surface area contributed by atoms with Crippen LogP contribution in [0.15, 0.2) is 28.7 Å². The molecule has 0 amide bonds. The van der Waals surface area contributed by atoms with Crippen LogP contribution in [0.5, 0.6) is 0 Å². The predicted octanol–water partition coefficient (Wildman–Crippen LogP) is 3.69. The molecule has 100 valence electrons. The third kappa shape index (κ3) is 3.65. The van der Waals surface area contributed by atoms with E-state index in [2.05, 4.69) is 70.0 Å². The number of halogens is 1. The maximum absolute atomic E-state index is 3.56. The zero-order chi connectivity index (χ0) is 13.0. The maximum Gasteiger partial charge on any atom is 0.0485 e. The number of anilines is 1. The fourth-order valence-electron chi connectivity index (χ4n) is 2.25. The Morgan fingerprint density at radius 2 is 2.17 bits per heavy atom. The number of para-hydroxylation sites is 1. The van der Waals surface area contributed by atoms with E-state index in [0.29, 0.717) is 6.04 Å². The molecule has 0 saturated carbocycles. The van der Waals surface area contributed by atoms with Crippen LogP contribution in [0.25, 0.3) is 0 Å². The predicted molar refractivity (Wildman–Crippen MR) is 85.6 cm³/mol. The molecule has 2 unspecified atom stereocenters. The highest BCUT2D eigenvalue weighted by molar-refractivity contribution is 9.10. The van der Waals surface area contributed by atoms with Gasteiger partial charge in [0, 0.05) is 46.8 Å². The molecule has 1 heterocycles. The Kier molecular flexibility index (Phi) is 5.39. The van der Waals surface area contributed by atoms with Gasteiger partial charge in [0.05, 0.1) is 0 Å². The van der Waals surface area contributed by atoms with Crippen molar-refractivity contribution in [1.82, 2.24) is 4.90 Å². The van der Waals surface area contributed by atoms with Gasteiger partial charge in [0.2, 0.25) is 0 Å². The summed E-state index contributed by atoms with van der Waals surface area (Å²) in [4.78, 5) is 2.59. The number of nitrogens with one attached hydrogen (secondary N) is 1. The van der Waals surface area contributed by atoms with Gasteiger partial charge in [-0.25, -0.2) is 0 Å². The van der Waals surface area contributed by atoms with Crippen molar-refractivity contribution in [1.29, 1.82) is 0 Å². The lowest BCUT2D eigenvalue weighted by Gasteiger charge is -2.37. The molecule has 0 aliphatic carbocycles. The quantitative estimate of drug-likeness (QED) is 0.907. The molecule has 2 rings (SSSR count). The first-order chi connectivity index (χ1) is 8.68. The van der Waals surface area contributed by atoms with Crippen molar-refractivity contribution in [3.8, 4) is 0 Å². The van der Waals surface area contributed by atoms with Crippen molar-refractivity contribution in [3.05, 3.63) is 28.7 Å². The van der Waals surface area contributed by atoms with Gasteiger partial charge in [0.25, 0.3) is 0 Å². The van der Waals surface area contributed by atoms with Gasteiger partial charge in [0.15, 0.2) is 0 Å². The van der Waals surface area contributed by atoms with Gasteiger partial charge in [-0.05, 0) is 35.0 Å². The summed E-state index contributed by atoms with van der Waals surface area (Å²) in [5.74, 6) is 1.26. The largest absolute Gasteiger partial charge is 0.383 e. The highest BCUT2D eigenvalue weighted by atomic mass is 79.9. The van der Waals surface area contributed by atoms with E-state index in [1.54, 1.807) is 0 Å². The number of thioether (sulfide) groups is 1. The van der Waals surface area contributed by atoms with Crippen molar-refractivity contribution in [2.75, 3.05) is 30.7 Å². The average Bonchev–Trinajstić information content (AvgIpc) is 2.37. The zero-order valence-electron chi connectivity index (χ0n) is 11.0. The van der Waals surface area contributed by atoms with Crippen LogP contribution in [-0.2, 0) is 0 Å². The minimum atomic E-state index is 0.685. The van der Waals surface area contributed by atoms with Gasteiger partial charge in [-0.1, -0.05) is 19.1 Å². The molecule has 1 aliphatic rings. The molecule has 0 aromatic heterocycles. The number of hydrogen-bond donors (Lipinski definition) is 1. The monoisotopic (exact) mass is 328 g/mol. The smallest absolute Gasteiger partial charge is 0.0485 e.